The number of aliphatic carboxylic acids is 1. The van der Waals surface area contributed by atoms with Gasteiger partial charge < -0.3 is 5.11 Å². The van der Waals surface area contributed by atoms with Crippen LogP contribution < -0.4 is 0 Å². The summed E-state index contributed by atoms with van der Waals surface area (Å²) in [5.41, 5.74) is 0.521. The van der Waals surface area contributed by atoms with Gasteiger partial charge in [-0.3, -0.25) is 9.78 Å². The van der Waals surface area contributed by atoms with E-state index in [0.29, 0.717) is 18.4 Å². The second-order valence-electron chi connectivity index (χ2n) is 3.25. The summed E-state index contributed by atoms with van der Waals surface area (Å²) in [5, 5.41) is 8.62. The third-order valence-corrected chi connectivity index (χ3v) is 2.12. The highest BCUT2D eigenvalue weighted by atomic mass is 19.1. The molecule has 1 unspecified atom stereocenters. The predicted octanol–water partition coefficient (Wildman–Crippen LogP) is 1.87. The molecule has 14 heavy (non-hydrogen) atoms. The maximum absolute atomic E-state index is 13.0. The third kappa shape index (κ3) is 2.80. The van der Waals surface area contributed by atoms with Crippen LogP contribution in [0.15, 0.2) is 18.5 Å². The Morgan fingerprint density at radius 3 is 3.00 bits per heavy atom. The van der Waals surface area contributed by atoms with E-state index in [1.165, 1.54) is 6.20 Å². The highest BCUT2D eigenvalue weighted by Gasteiger charge is 2.11. The molecule has 0 amide bonds. The summed E-state index contributed by atoms with van der Waals surface area (Å²) in [6.45, 7) is 1.61. The van der Waals surface area contributed by atoms with Crippen molar-refractivity contribution in [3.63, 3.8) is 0 Å². The molecule has 0 aliphatic rings. The molecule has 1 heterocycles. The largest absolute Gasteiger partial charge is 0.481 e. The third-order valence-electron chi connectivity index (χ3n) is 2.12. The van der Waals surface area contributed by atoms with Crippen molar-refractivity contribution < 1.29 is 14.3 Å². The van der Waals surface area contributed by atoms with Crippen molar-refractivity contribution >= 4 is 5.97 Å². The standard InChI is InChI=1S/C10H12FNO2/c1-7(10(13)14)2-3-8-4-5-12-6-9(8)11/h4-7H,2-3H2,1H3,(H,13,14). The Morgan fingerprint density at radius 1 is 1.71 bits per heavy atom. The van der Waals surface area contributed by atoms with Gasteiger partial charge in [0.1, 0.15) is 5.82 Å². The number of carboxylic acids is 1. The molecule has 0 saturated heterocycles. The molecule has 76 valence electrons. The molecule has 0 aromatic carbocycles. The van der Waals surface area contributed by atoms with Crippen LogP contribution in [0.5, 0.6) is 0 Å². The number of hydrogen-bond donors (Lipinski definition) is 1. The van der Waals surface area contributed by atoms with Gasteiger partial charge in [0, 0.05) is 6.20 Å². The average Bonchev–Trinajstić information content (AvgIpc) is 2.16. The van der Waals surface area contributed by atoms with Crippen LogP contribution in [-0.4, -0.2) is 16.1 Å². The van der Waals surface area contributed by atoms with E-state index < -0.39 is 11.9 Å². The SMILES string of the molecule is CC(CCc1ccncc1F)C(=O)O. The van der Waals surface area contributed by atoms with Crippen LogP contribution in [0.1, 0.15) is 18.9 Å². The summed E-state index contributed by atoms with van der Waals surface area (Å²) in [4.78, 5) is 14.1. The number of rotatable bonds is 4. The summed E-state index contributed by atoms with van der Waals surface area (Å²) in [5.74, 6) is -1.66. The first-order valence-electron chi connectivity index (χ1n) is 4.42. The molecule has 0 aliphatic heterocycles. The quantitative estimate of drug-likeness (QED) is 0.801. The predicted molar refractivity (Wildman–Crippen MR) is 49.3 cm³/mol. The smallest absolute Gasteiger partial charge is 0.306 e. The van der Waals surface area contributed by atoms with Gasteiger partial charge in [-0.05, 0) is 24.5 Å². The molecule has 0 spiro atoms. The fraction of sp³-hybridized carbons (Fsp3) is 0.400. The first kappa shape index (κ1) is 10.6. The molecule has 0 radical (unpaired) electrons. The summed E-state index contributed by atoms with van der Waals surface area (Å²) in [7, 11) is 0. The Bertz CT molecular complexity index is 328. The van der Waals surface area contributed by atoms with Crippen LogP contribution in [0.4, 0.5) is 4.39 Å². The van der Waals surface area contributed by atoms with Crippen molar-refractivity contribution in [1.82, 2.24) is 4.98 Å². The van der Waals surface area contributed by atoms with Crippen molar-refractivity contribution in [2.24, 2.45) is 5.92 Å². The van der Waals surface area contributed by atoms with E-state index in [0.717, 1.165) is 6.20 Å². The molecule has 1 aromatic heterocycles. The number of aromatic nitrogens is 1. The van der Waals surface area contributed by atoms with Crippen LogP contribution in [0.25, 0.3) is 0 Å². The number of nitrogens with zero attached hydrogens (tertiary/aromatic N) is 1. The molecule has 1 aromatic rings. The number of carboxylic acid groups (broad SMARTS) is 1. The molecule has 4 heteroatoms. The molecule has 1 N–H and O–H groups in total. The van der Waals surface area contributed by atoms with Gasteiger partial charge in [-0.1, -0.05) is 6.92 Å². The van der Waals surface area contributed by atoms with Gasteiger partial charge in [-0.25, -0.2) is 4.39 Å². The fourth-order valence-electron chi connectivity index (χ4n) is 1.10. The van der Waals surface area contributed by atoms with E-state index >= 15 is 0 Å². The summed E-state index contributed by atoms with van der Waals surface area (Å²) in [6.07, 6.45) is 3.52. The van der Waals surface area contributed by atoms with Crippen LogP contribution in [0.2, 0.25) is 0 Å². The van der Waals surface area contributed by atoms with Gasteiger partial charge in [-0.2, -0.15) is 0 Å². The van der Waals surface area contributed by atoms with E-state index in [9.17, 15) is 9.18 Å². The zero-order valence-electron chi connectivity index (χ0n) is 7.90. The lowest BCUT2D eigenvalue weighted by atomic mass is 10.0. The average molecular weight is 197 g/mol. The van der Waals surface area contributed by atoms with Gasteiger partial charge in [0.2, 0.25) is 0 Å². The molecule has 0 aliphatic carbocycles. The van der Waals surface area contributed by atoms with Crippen molar-refractivity contribution in [3.8, 4) is 0 Å². The highest BCUT2D eigenvalue weighted by Crippen LogP contribution is 2.11. The first-order valence-corrected chi connectivity index (χ1v) is 4.42. The molecule has 3 nitrogen and oxygen atoms in total. The van der Waals surface area contributed by atoms with E-state index in [-0.39, 0.29) is 5.82 Å². The zero-order valence-corrected chi connectivity index (χ0v) is 7.90. The molecule has 1 atom stereocenters. The minimum atomic E-state index is -0.848. The Kier molecular flexibility index (Phi) is 3.56. The minimum Gasteiger partial charge on any atom is -0.481 e. The fourth-order valence-corrected chi connectivity index (χ4v) is 1.10. The van der Waals surface area contributed by atoms with Gasteiger partial charge in [-0.15, -0.1) is 0 Å². The number of pyridine rings is 1. The first-order chi connectivity index (χ1) is 6.61. The molecule has 0 fully saturated rings. The monoisotopic (exact) mass is 197 g/mol. The molecular weight excluding hydrogens is 185 g/mol. The topological polar surface area (TPSA) is 50.2 Å². The van der Waals surface area contributed by atoms with Crippen LogP contribution >= 0.6 is 0 Å². The number of halogens is 1. The summed E-state index contributed by atoms with van der Waals surface area (Å²) < 4.78 is 13.0. The number of hydrogen-bond acceptors (Lipinski definition) is 2. The van der Waals surface area contributed by atoms with Crippen LogP contribution in [0, 0.1) is 11.7 Å². The Hall–Kier alpha value is -1.45. The highest BCUT2D eigenvalue weighted by molar-refractivity contribution is 5.69. The van der Waals surface area contributed by atoms with Gasteiger partial charge in [0.15, 0.2) is 0 Å². The van der Waals surface area contributed by atoms with Crippen molar-refractivity contribution in [2.45, 2.75) is 19.8 Å². The van der Waals surface area contributed by atoms with Crippen LogP contribution in [0.3, 0.4) is 0 Å². The maximum Gasteiger partial charge on any atom is 0.306 e. The Morgan fingerprint density at radius 2 is 2.43 bits per heavy atom. The number of aryl methyl sites for hydroxylation is 1. The molecular formula is C10H12FNO2. The lowest BCUT2D eigenvalue weighted by Crippen LogP contribution is -2.10. The van der Waals surface area contributed by atoms with E-state index in [1.807, 2.05) is 0 Å². The molecule has 1 rings (SSSR count). The van der Waals surface area contributed by atoms with E-state index in [2.05, 4.69) is 4.98 Å². The Labute approximate surface area is 81.6 Å². The lowest BCUT2D eigenvalue weighted by Gasteiger charge is -2.05. The van der Waals surface area contributed by atoms with Gasteiger partial charge >= 0.3 is 5.97 Å². The van der Waals surface area contributed by atoms with E-state index in [4.69, 9.17) is 5.11 Å². The Balaban J connectivity index is 2.54. The maximum atomic E-state index is 13.0. The minimum absolute atomic E-state index is 0.370. The second kappa shape index (κ2) is 4.69. The lowest BCUT2D eigenvalue weighted by molar-refractivity contribution is -0.141. The zero-order chi connectivity index (χ0) is 10.6. The molecule has 0 saturated carbocycles. The van der Waals surface area contributed by atoms with E-state index in [1.54, 1.807) is 13.0 Å². The summed E-state index contributed by atoms with van der Waals surface area (Å²) >= 11 is 0. The van der Waals surface area contributed by atoms with Crippen LogP contribution in [-0.2, 0) is 11.2 Å². The van der Waals surface area contributed by atoms with Crippen molar-refractivity contribution in [2.75, 3.05) is 0 Å². The summed E-state index contributed by atoms with van der Waals surface area (Å²) in [6, 6.07) is 1.57. The van der Waals surface area contributed by atoms with Crippen molar-refractivity contribution in [3.05, 3.63) is 29.8 Å². The van der Waals surface area contributed by atoms with Gasteiger partial charge in [0.25, 0.3) is 0 Å². The second-order valence-corrected chi connectivity index (χ2v) is 3.25. The van der Waals surface area contributed by atoms with Gasteiger partial charge in [0.05, 0.1) is 12.1 Å². The normalized spacial score (nSPS) is 12.4. The molecule has 0 bridgehead atoms. The van der Waals surface area contributed by atoms with Crippen molar-refractivity contribution in [1.29, 1.82) is 0 Å². The number of carbonyl (C=O) groups is 1.